The first-order chi connectivity index (χ1) is 10.6. The van der Waals surface area contributed by atoms with Gasteiger partial charge in [0.2, 0.25) is 0 Å². The molecule has 0 amide bonds. The summed E-state index contributed by atoms with van der Waals surface area (Å²) in [6, 6.07) is 9.26. The number of ether oxygens (including phenoxy) is 2. The third-order valence-electron chi connectivity index (χ3n) is 3.54. The minimum atomic E-state index is -0.386. The Hall–Kier alpha value is -2.82. The molecule has 1 aromatic heterocycles. The Balaban J connectivity index is 2.11. The lowest BCUT2D eigenvalue weighted by atomic mass is 10.0. The monoisotopic (exact) mass is 299 g/mol. The van der Waals surface area contributed by atoms with E-state index in [1.165, 1.54) is 19.2 Å². The topological polar surface area (TPSA) is 51.3 Å². The van der Waals surface area contributed by atoms with E-state index in [4.69, 9.17) is 9.47 Å². The van der Waals surface area contributed by atoms with Crippen molar-refractivity contribution in [1.82, 2.24) is 4.98 Å². The Labute approximate surface area is 126 Å². The number of rotatable bonds is 4. The largest absolute Gasteiger partial charge is 0.497 e. The van der Waals surface area contributed by atoms with Crippen molar-refractivity contribution in [2.24, 2.45) is 0 Å². The van der Waals surface area contributed by atoms with E-state index in [-0.39, 0.29) is 11.6 Å². The third kappa shape index (κ3) is 2.30. The molecular formula is C17H14FNO3. The summed E-state index contributed by atoms with van der Waals surface area (Å²) in [5, 5.41) is 0.544. The van der Waals surface area contributed by atoms with Crippen LogP contribution in [-0.4, -0.2) is 25.0 Å². The Morgan fingerprint density at radius 1 is 1.05 bits per heavy atom. The van der Waals surface area contributed by atoms with E-state index in [0.29, 0.717) is 33.5 Å². The van der Waals surface area contributed by atoms with Crippen LogP contribution in [0.25, 0.3) is 10.9 Å². The number of nitrogens with one attached hydrogen (secondary N) is 1. The molecule has 0 saturated heterocycles. The first kappa shape index (κ1) is 14.1. The number of ketones is 1. The van der Waals surface area contributed by atoms with Crippen LogP contribution in [0.15, 0.2) is 42.6 Å². The molecule has 1 N–H and O–H groups in total. The summed E-state index contributed by atoms with van der Waals surface area (Å²) in [6.07, 6.45) is 1.58. The maximum absolute atomic E-state index is 13.4. The quantitative estimate of drug-likeness (QED) is 0.749. The van der Waals surface area contributed by atoms with E-state index >= 15 is 0 Å². The SMILES string of the molecule is COc1ccc(C(=O)c2c[nH]c3ccc(F)cc23)c(OC)c1. The molecule has 0 radical (unpaired) electrons. The summed E-state index contributed by atoms with van der Waals surface area (Å²) in [7, 11) is 3.03. The number of benzene rings is 2. The molecule has 0 aliphatic carbocycles. The van der Waals surface area contributed by atoms with E-state index in [2.05, 4.69) is 4.98 Å². The van der Waals surface area contributed by atoms with Crippen LogP contribution >= 0.6 is 0 Å². The number of halogens is 1. The Kier molecular flexibility index (Phi) is 3.55. The van der Waals surface area contributed by atoms with Gasteiger partial charge in [-0.3, -0.25) is 4.79 Å². The fourth-order valence-corrected chi connectivity index (χ4v) is 2.41. The van der Waals surface area contributed by atoms with Crippen molar-refractivity contribution in [3.05, 3.63) is 59.5 Å². The average Bonchev–Trinajstić information content (AvgIpc) is 2.96. The van der Waals surface area contributed by atoms with Gasteiger partial charge in [0.1, 0.15) is 17.3 Å². The third-order valence-corrected chi connectivity index (χ3v) is 3.54. The summed E-state index contributed by atoms with van der Waals surface area (Å²) in [5.74, 6) is 0.382. The van der Waals surface area contributed by atoms with Gasteiger partial charge in [0.05, 0.1) is 19.8 Å². The second-order valence-corrected chi connectivity index (χ2v) is 4.79. The van der Waals surface area contributed by atoms with E-state index < -0.39 is 0 Å². The molecule has 22 heavy (non-hydrogen) atoms. The number of aromatic nitrogens is 1. The van der Waals surface area contributed by atoms with Crippen molar-refractivity contribution < 1.29 is 18.7 Å². The van der Waals surface area contributed by atoms with Gasteiger partial charge in [-0.25, -0.2) is 4.39 Å². The number of hydrogen-bond donors (Lipinski definition) is 1. The molecule has 2 aromatic carbocycles. The molecule has 0 bridgehead atoms. The van der Waals surface area contributed by atoms with Gasteiger partial charge in [0.15, 0.2) is 5.78 Å². The van der Waals surface area contributed by atoms with Gasteiger partial charge in [0.25, 0.3) is 0 Å². The minimum Gasteiger partial charge on any atom is -0.497 e. The first-order valence-electron chi connectivity index (χ1n) is 6.67. The van der Waals surface area contributed by atoms with Crippen LogP contribution in [0.2, 0.25) is 0 Å². The van der Waals surface area contributed by atoms with Crippen LogP contribution in [0, 0.1) is 5.82 Å². The standard InChI is InChI=1S/C17H14FNO3/c1-21-11-4-5-12(16(8-11)22-2)17(20)14-9-19-15-6-3-10(18)7-13(14)15/h3-9,19H,1-2H3. The number of aromatic amines is 1. The fraction of sp³-hybridized carbons (Fsp3) is 0.118. The summed E-state index contributed by atoms with van der Waals surface area (Å²) in [5.41, 5.74) is 1.50. The van der Waals surface area contributed by atoms with Crippen molar-refractivity contribution in [2.75, 3.05) is 14.2 Å². The Bertz CT molecular complexity index is 854. The van der Waals surface area contributed by atoms with Crippen LogP contribution in [-0.2, 0) is 0 Å². The van der Waals surface area contributed by atoms with Crippen LogP contribution < -0.4 is 9.47 Å². The molecule has 0 aliphatic heterocycles. The van der Waals surface area contributed by atoms with Crippen LogP contribution in [0.5, 0.6) is 11.5 Å². The number of fused-ring (bicyclic) bond motifs is 1. The lowest BCUT2D eigenvalue weighted by Gasteiger charge is -2.09. The molecule has 4 nitrogen and oxygen atoms in total. The van der Waals surface area contributed by atoms with Gasteiger partial charge >= 0.3 is 0 Å². The van der Waals surface area contributed by atoms with Gasteiger partial charge < -0.3 is 14.5 Å². The highest BCUT2D eigenvalue weighted by Crippen LogP contribution is 2.29. The number of hydrogen-bond acceptors (Lipinski definition) is 3. The summed E-state index contributed by atoms with van der Waals surface area (Å²) < 4.78 is 23.8. The number of carbonyl (C=O) groups excluding carboxylic acids is 1. The van der Waals surface area contributed by atoms with Gasteiger partial charge in [0, 0.05) is 28.7 Å². The van der Waals surface area contributed by atoms with Gasteiger partial charge in [-0.15, -0.1) is 0 Å². The maximum atomic E-state index is 13.4. The van der Waals surface area contributed by atoms with Crippen LogP contribution in [0.4, 0.5) is 4.39 Å². The molecule has 3 rings (SSSR count). The van der Waals surface area contributed by atoms with E-state index in [0.717, 1.165) is 0 Å². The number of carbonyl (C=O) groups is 1. The molecule has 0 saturated carbocycles. The number of methoxy groups -OCH3 is 2. The maximum Gasteiger partial charge on any atom is 0.198 e. The zero-order valence-corrected chi connectivity index (χ0v) is 12.1. The van der Waals surface area contributed by atoms with Crippen molar-refractivity contribution in [1.29, 1.82) is 0 Å². The fourth-order valence-electron chi connectivity index (χ4n) is 2.41. The van der Waals surface area contributed by atoms with Crippen LogP contribution in [0.3, 0.4) is 0 Å². The van der Waals surface area contributed by atoms with Gasteiger partial charge in [-0.05, 0) is 30.3 Å². The Morgan fingerprint density at radius 2 is 1.86 bits per heavy atom. The lowest BCUT2D eigenvalue weighted by molar-refractivity contribution is 0.103. The van der Waals surface area contributed by atoms with E-state index in [1.54, 1.807) is 37.6 Å². The highest BCUT2D eigenvalue weighted by molar-refractivity contribution is 6.17. The molecule has 1 heterocycles. The zero-order valence-electron chi connectivity index (χ0n) is 12.1. The molecule has 5 heteroatoms. The summed E-state index contributed by atoms with van der Waals surface area (Å²) in [4.78, 5) is 15.7. The first-order valence-corrected chi connectivity index (χ1v) is 6.67. The smallest absolute Gasteiger partial charge is 0.198 e. The lowest BCUT2D eigenvalue weighted by Crippen LogP contribution is -2.03. The molecule has 0 atom stereocenters. The van der Waals surface area contributed by atoms with Crippen molar-refractivity contribution >= 4 is 16.7 Å². The van der Waals surface area contributed by atoms with E-state index in [1.807, 2.05) is 0 Å². The molecular weight excluding hydrogens is 285 g/mol. The predicted octanol–water partition coefficient (Wildman–Crippen LogP) is 3.56. The second kappa shape index (κ2) is 5.52. The Morgan fingerprint density at radius 3 is 2.59 bits per heavy atom. The van der Waals surface area contributed by atoms with Gasteiger partial charge in [-0.2, -0.15) is 0 Å². The summed E-state index contributed by atoms with van der Waals surface area (Å²) >= 11 is 0. The van der Waals surface area contributed by atoms with E-state index in [9.17, 15) is 9.18 Å². The zero-order chi connectivity index (χ0) is 15.7. The average molecular weight is 299 g/mol. The predicted molar refractivity (Wildman–Crippen MR) is 81.2 cm³/mol. The van der Waals surface area contributed by atoms with Crippen molar-refractivity contribution in [3.63, 3.8) is 0 Å². The normalized spacial score (nSPS) is 10.7. The second-order valence-electron chi connectivity index (χ2n) is 4.79. The molecule has 112 valence electrons. The van der Waals surface area contributed by atoms with Crippen LogP contribution in [0.1, 0.15) is 15.9 Å². The highest BCUT2D eigenvalue weighted by Gasteiger charge is 2.19. The van der Waals surface area contributed by atoms with Crippen molar-refractivity contribution in [3.8, 4) is 11.5 Å². The molecule has 0 unspecified atom stereocenters. The minimum absolute atomic E-state index is 0.239. The summed E-state index contributed by atoms with van der Waals surface area (Å²) in [6.45, 7) is 0. The van der Waals surface area contributed by atoms with Crippen molar-refractivity contribution in [2.45, 2.75) is 0 Å². The highest BCUT2D eigenvalue weighted by atomic mass is 19.1. The number of H-pyrrole nitrogens is 1. The molecule has 3 aromatic rings. The van der Waals surface area contributed by atoms with Gasteiger partial charge in [-0.1, -0.05) is 0 Å². The molecule has 0 aliphatic rings. The molecule has 0 spiro atoms. The molecule has 0 fully saturated rings.